The summed E-state index contributed by atoms with van der Waals surface area (Å²) in [6.45, 7) is 7.42. The Labute approximate surface area is 230 Å². The zero-order valence-corrected chi connectivity index (χ0v) is 23.0. The van der Waals surface area contributed by atoms with Gasteiger partial charge in [0.1, 0.15) is 23.2 Å². The summed E-state index contributed by atoms with van der Waals surface area (Å²) < 4.78 is 14.4. The highest BCUT2D eigenvalue weighted by Crippen LogP contribution is 2.34. The second-order valence-corrected chi connectivity index (χ2v) is 9.36. The fourth-order valence-electron chi connectivity index (χ4n) is 4.01. The van der Waals surface area contributed by atoms with Crippen LogP contribution in [-0.2, 0) is 14.3 Å². The summed E-state index contributed by atoms with van der Waals surface area (Å²) in [6.07, 6.45) is 0. The Morgan fingerprint density at radius 3 is 2.21 bits per heavy atom. The Kier molecular flexibility index (Phi) is 9.61. The highest BCUT2D eigenvalue weighted by atomic mass is 32.1. The van der Waals surface area contributed by atoms with Crippen LogP contribution in [0.15, 0.2) is 42.5 Å². The van der Waals surface area contributed by atoms with E-state index in [0.29, 0.717) is 35.1 Å². The summed E-state index contributed by atoms with van der Waals surface area (Å²) in [5.41, 5.74) is 13.6. The van der Waals surface area contributed by atoms with Crippen molar-refractivity contribution in [1.82, 2.24) is 9.69 Å². The number of carbonyl (C=O) groups excluding carboxylic acids is 4. The van der Waals surface area contributed by atoms with E-state index in [2.05, 4.69) is 9.69 Å². The van der Waals surface area contributed by atoms with Crippen molar-refractivity contribution >= 4 is 46.6 Å². The summed E-state index contributed by atoms with van der Waals surface area (Å²) in [4.78, 5) is 52.9. The monoisotopic (exact) mass is 553 g/mol. The van der Waals surface area contributed by atoms with Crippen LogP contribution in [0.5, 0.6) is 5.75 Å². The molecular weight excluding hydrogens is 522 g/mol. The Hall–Kier alpha value is -4.45. The highest BCUT2D eigenvalue weighted by molar-refractivity contribution is 7.09. The van der Waals surface area contributed by atoms with Crippen molar-refractivity contribution in [2.45, 2.75) is 33.7 Å². The molecule has 0 saturated carbocycles. The largest absolute Gasteiger partial charge is 0.494 e. The molecule has 1 aromatic heterocycles. The number of rotatable bonds is 11. The first-order chi connectivity index (χ1) is 18.6. The molecule has 0 spiro atoms. The predicted molar refractivity (Wildman–Crippen MR) is 148 cm³/mol. The number of anilines is 2. The van der Waals surface area contributed by atoms with Gasteiger partial charge in [0, 0.05) is 5.69 Å². The van der Waals surface area contributed by atoms with Gasteiger partial charge in [-0.2, -0.15) is 4.37 Å². The molecule has 0 radical (unpaired) electrons. The Bertz CT molecular complexity index is 1350. The maximum Gasteiger partial charge on any atom is 0.325 e. The molecule has 0 fully saturated rings. The van der Waals surface area contributed by atoms with Gasteiger partial charge >= 0.3 is 5.97 Å². The number of aryl methyl sites for hydroxylation is 2. The lowest BCUT2D eigenvalue weighted by Gasteiger charge is -2.31. The molecule has 39 heavy (non-hydrogen) atoms. The number of nitrogens with zero attached hydrogens (tertiary/aromatic N) is 2. The number of amides is 3. The molecule has 3 rings (SSSR count). The van der Waals surface area contributed by atoms with Crippen LogP contribution in [0.2, 0.25) is 0 Å². The van der Waals surface area contributed by atoms with Crippen LogP contribution in [0, 0.1) is 13.8 Å². The number of nitrogen functional groups attached to an aromatic ring is 1. The fraction of sp³-hybridized carbons (Fsp3) is 0.296. The SMILES string of the molecule is CCOC(=O)CNC(=O)C(c1ccc(OCC)cc1)N(C(=O)c1snc(C(N)=O)c1N)c1cc(C)cc(C)c1. The molecule has 3 amide bonds. The molecule has 0 aliphatic carbocycles. The molecule has 206 valence electrons. The lowest BCUT2D eigenvalue weighted by molar-refractivity contribution is -0.143. The lowest BCUT2D eigenvalue weighted by Crippen LogP contribution is -2.45. The minimum absolute atomic E-state index is 0.0583. The van der Waals surface area contributed by atoms with Crippen LogP contribution in [-0.4, -0.2) is 47.8 Å². The number of esters is 1. The number of nitrogens with one attached hydrogen (secondary N) is 1. The van der Waals surface area contributed by atoms with Gasteiger partial charge in [0.05, 0.1) is 18.9 Å². The number of benzene rings is 2. The first-order valence-electron chi connectivity index (χ1n) is 12.2. The molecule has 0 bridgehead atoms. The van der Waals surface area contributed by atoms with Gasteiger partial charge in [0.2, 0.25) is 5.91 Å². The van der Waals surface area contributed by atoms with Gasteiger partial charge in [-0.1, -0.05) is 18.2 Å². The van der Waals surface area contributed by atoms with Crippen molar-refractivity contribution < 1.29 is 28.7 Å². The second kappa shape index (κ2) is 12.9. The van der Waals surface area contributed by atoms with E-state index in [1.807, 2.05) is 26.8 Å². The van der Waals surface area contributed by atoms with Gasteiger partial charge < -0.3 is 26.3 Å². The Morgan fingerprint density at radius 2 is 1.67 bits per heavy atom. The standard InChI is InChI=1S/C27H31N5O6S/c1-5-37-19-9-7-17(8-10-19)23(26(35)30-14-20(33)38-6-2)32(18-12-15(3)11-16(4)13-18)27(36)24-21(28)22(25(29)34)31-39-24/h7-13,23H,5-6,14,28H2,1-4H3,(H2,29,34)(H,30,35). The van der Waals surface area contributed by atoms with E-state index in [0.717, 1.165) is 11.1 Å². The maximum absolute atomic E-state index is 14.1. The molecule has 5 N–H and O–H groups in total. The van der Waals surface area contributed by atoms with Gasteiger partial charge in [-0.25, -0.2) is 0 Å². The minimum atomic E-state index is -1.25. The van der Waals surface area contributed by atoms with Crippen molar-refractivity contribution in [2.24, 2.45) is 5.73 Å². The van der Waals surface area contributed by atoms with Crippen LogP contribution in [0.25, 0.3) is 0 Å². The molecule has 11 nitrogen and oxygen atoms in total. The molecule has 2 aromatic carbocycles. The fourth-order valence-corrected chi connectivity index (χ4v) is 4.75. The minimum Gasteiger partial charge on any atom is -0.494 e. The summed E-state index contributed by atoms with van der Waals surface area (Å²) in [5, 5.41) is 2.57. The third-order valence-corrected chi connectivity index (χ3v) is 6.44. The van der Waals surface area contributed by atoms with Crippen LogP contribution in [0.1, 0.15) is 56.7 Å². The molecule has 1 unspecified atom stereocenters. The van der Waals surface area contributed by atoms with Crippen LogP contribution in [0.3, 0.4) is 0 Å². The van der Waals surface area contributed by atoms with Gasteiger partial charge in [-0.3, -0.25) is 24.1 Å². The number of carbonyl (C=O) groups is 4. The average molecular weight is 554 g/mol. The summed E-state index contributed by atoms with van der Waals surface area (Å²) in [6, 6.07) is 10.9. The first-order valence-corrected chi connectivity index (χ1v) is 13.0. The van der Waals surface area contributed by atoms with E-state index in [-0.39, 0.29) is 22.9 Å². The Morgan fingerprint density at radius 1 is 1.03 bits per heavy atom. The number of aromatic nitrogens is 1. The quantitative estimate of drug-likeness (QED) is 0.305. The highest BCUT2D eigenvalue weighted by Gasteiger charge is 2.36. The van der Waals surface area contributed by atoms with E-state index < -0.39 is 36.3 Å². The molecule has 0 saturated heterocycles. The van der Waals surface area contributed by atoms with Gasteiger partial charge in [0.15, 0.2) is 5.69 Å². The van der Waals surface area contributed by atoms with Crippen molar-refractivity contribution in [2.75, 3.05) is 30.4 Å². The third-order valence-electron chi connectivity index (χ3n) is 5.58. The lowest BCUT2D eigenvalue weighted by atomic mass is 10.0. The summed E-state index contributed by atoms with van der Waals surface area (Å²) >= 11 is 0.709. The molecule has 0 aliphatic heterocycles. The topological polar surface area (TPSA) is 167 Å². The smallest absolute Gasteiger partial charge is 0.325 e. The van der Waals surface area contributed by atoms with Crippen molar-refractivity contribution in [3.05, 3.63) is 69.7 Å². The number of hydrogen-bond acceptors (Lipinski definition) is 9. The first kappa shape index (κ1) is 29.1. The van der Waals surface area contributed by atoms with Gasteiger partial charge in [-0.05, 0) is 80.2 Å². The molecule has 3 aromatic rings. The number of ether oxygens (including phenoxy) is 2. The third kappa shape index (κ3) is 6.90. The van der Waals surface area contributed by atoms with Gasteiger partial charge in [0.25, 0.3) is 11.8 Å². The zero-order valence-electron chi connectivity index (χ0n) is 22.1. The molecule has 1 heterocycles. The van der Waals surface area contributed by atoms with Crippen LogP contribution in [0.4, 0.5) is 11.4 Å². The van der Waals surface area contributed by atoms with Crippen molar-refractivity contribution in [3.63, 3.8) is 0 Å². The van der Waals surface area contributed by atoms with Crippen LogP contribution < -0.4 is 26.4 Å². The Balaban J connectivity index is 2.19. The molecule has 12 heteroatoms. The van der Waals surface area contributed by atoms with Crippen molar-refractivity contribution in [1.29, 1.82) is 0 Å². The van der Waals surface area contributed by atoms with E-state index in [9.17, 15) is 19.2 Å². The molecular formula is C27H31N5O6S. The summed E-state index contributed by atoms with van der Waals surface area (Å²) in [7, 11) is 0. The zero-order chi connectivity index (χ0) is 28.7. The van der Waals surface area contributed by atoms with Crippen LogP contribution >= 0.6 is 11.5 Å². The summed E-state index contributed by atoms with van der Waals surface area (Å²) in [5.74, 6) is -2.24. The predicted octanol–water partition coefficient (Wildman–Crippen LogP) is 2.91. The normalized spacial score (nSPS) is 11.4. The second-order valence-electron chi connectivity index (χ2n) is 8.59. The number of primary amides is 1. The van der Waals surface area contributed by atoms with Gasteiger partial charge in [-0.15, -0.1) is 0 Å². The number of hydrogen-bond donors (Lipinski definition) is 3. The maximum atomic E-state index is 14.1. The van der Waals surface area contributed by atoms with E-state index in [4.69, 9.17) is 20.9 Å². The van der Waals surface area contributed by atoms with Crippen molar-refractivity contribution in [3.8, 4) is 5.75 Å². The molecule has 0 aliphatic rings. The average Bonchev–Trinajstić information content (AvgIpc) is 3.27. The van der Waals surface area contributed by atoms with E-state index in [1.165, 1.54) is 4.90 Å². The van der Waals surface area contributed by atoms with E-state index >= 15 is 0 Å². The molecule has 1 atom stereocenters. The number of nitrogens with two attached hydrogens (primary N) is 2. The van der Waals surface area contributed by atoms with E-state index in [1.54, 1.807) is 43.3 Å².